The third-order valence-electron chi connectivity index (χ3n) is 8.48. The van der Waals surface area contributed by atoms with Crippen molar-refractivity contribution >= 4 is 56.3 Å². The van der Waals surface area contributed by atoms with E-state index in [4.69, 9.17) is 10.5 Å². The van der Waals surface area contributed by atoms with Crippen LogP contribution in [0, 0.1) is 0 Å². The van der Waals surface area contributed by atoms with Crippen LogP contribution < -0.4 is 16.4 Å². The number of carbonyl (C=O) groups is 4. The van der Waals surface area contributed by atoms with E-state index < -0.39 is 18.3 Å². The number of hydrazine groups is 1. The van der Waals surface area contributed by atoms with Crippen LogP contribution in [0.4, 0.5) is 20.4 Å². The Bertz CT molecular complexity index is 1820. The number of nitrogens with two attached hydrogens (primary N) is 1. The molecule has 6 rings (SSSR count). The fourth-order valence-electron chi connectivity index (χ4n) is 6.31. The molecule has 4 aromatic rings. The van der Waals surface area contributed by atoms with E-state index >= 15 is 0 Å². The molecule has 0 aliphatic carbocycles. The number of ether oxygens (including phenoxy) is 1. The van der Waals surface area contributed by atoms with Gasteiger partial charge in [-0.05, 0) is 48.7 Å². The monoisotopic (exact) mass is 670 g/mol. The molecule has 2 atom stereocenters. The molecule has 2 aliphatic heterocycles. The number of nitrogen functional groups attached to an aromatic ring is 1. The summed E-state index contributed by atoms with van der Waals surface area (Å²) in [7, 11) is 1.55. The molecule has 1 aromatic heterocycles. The van der Waals surface area contributed by atoms with Crippen molar-refractivity contribution in [2.75, 3.05) is 31.2 Å². The van der Waals surface area contributed by atoms with Gasteiger partial charge in [0.1, 0.15) is 18.8 Å². The molecular formula is C34H38N8O5S. The van der Waals surface area contributed by atoms with Crippen molar-refractivity contribution < 1.29 is 23.9 Å². The number of para-hydroxylation sites is 1. The number of amides is 5. The van der Waals surface area contributed by atoms with Crippen LogP contribution in [0.3, 0.4) is 0 Å². The van der Waals surface area contributed by atoms with Crippen molar-refractivity contribution in [3.05, 3.63) is 89.5 Å². The molecule has 48 heavy (non-hydrogen) atoms. The average molecular weight is 671 g/mol. The van der Waals surface area contributed by atoms with Crippen LogP contribution in [0.2, 0.25) is 0 Å². The highest BCUT2D eigenvalue weighted by Crippen LogP contribution is 2.33. The SMILES string of the molecule is CNC(=O)N(C(C)C)N1CC(=O)N2[C@@H](Cc3ccc(NC(=O)OCc4ccccc4)cc3)C(=O)N(Cc3cccc4sc(N)nc34)C[C@@H]21. The van der Waals surface area contributed by atoms with Gasteiger partial charge in [0.2, 0.25) is 11.8 Å². The highest BCUT2D eigenvalue weighted by atomic mass is 32.1. The maximum Gasteiger partial charge on any atom is 0.411 e. The number of hydrogen-bond donors (Lipinski definition) is 3. The number of fused-ring (bicyclic) bond motifs is 2. The molecule has 250 valence electrons. The molecule has 0 saturated carbocycles. The highest BCUT2D eigenvalue weighted by molar-refractivity contribution is 7.22. The van der Waals surface area contributed by atoms with Gasteiger partial charge in [-0.3, -0.25) is 19.9 Å². The topological polar surface area (TPSA) is 153 Å². The number of urea groups is 1. The normalized spacial score (nSPS) is 17.9. The van der Waals surface area contributed by atoms with E-state index in [1.54, 1.807) is 39.0 Å². The number of anilines is 2. The lowest BCUT2D eigenvalue weighted by Crippen LogP contribution is -2.66. The Morgan fingerprint density at radius 1 is 1.04 bits per heavy atom. The Balaban J connectivity index is 1.24. The Labute approximate surface area is 282 Å². The van der Waals surface area contributed by atoms with Crippen LogP contribution in [0.15, 0.2) is 72.8 Å². The summed E-state index contributed by atoms with van der Waals surface area (Å²) in [5, 5.41) is 9.16. The van der Waals surface area contributed by atoms with Crippen LogP contribution in [-0.4, -0.2) is 87.1 Å². The Kier molecular flexibility index (Phi) is 9.46. The molecule has 5 amide bonds. The number of nitrogens with zero attached hydrogens (tertiary/aromatic N) is 5. The van der Waals surface area contributed by atoms with Gasteiger partial charge in [0.15, 0.2) is 5.13 Å². The fourth-order valence-corrected chi connectivity index (χ4v) is 7.09. The number of rotatable bonds is 9. The van der Waals surface area contributed by atoms with Crippen molar-refractivity contribution in [2.45, 2.75) is 51.7 Å². The van der Waals surface area contributed by atoms with Gasteiger partial charge in [-0.1, -0.05) is 65.9 Å². The first-order valence-electron chi connectivity index (χ1n) is 15.7. The molecule has 0 bridgehead atoms. The maximum atomic E-state index is 14.3. The predicted octanol–water partition coefficient (Wildman–Crippen LogP) is 4.02. The van der Waals surface area contributed by atoms with Gasteiger partial charge < -0.3 is 25.6 Å². The van der Waals surface area contributed by atoms with Gasteiger partial charge in [0.25, 0.3) is 0 Å². The van der Waals surface area contributed by atoms with Crippen molar-refractivity contribution in [2.24, 2.45) is 0 Å². The molecule has 3 heterocycles. The van der Waals surface area contributed by atoms with Crippen molar-refractivity contribution in [1.29, 1.82) is 0 Å². The third kappa shape index (κ3) is 6.75. The summed E-state index contributed by atoms with van der Waals surface area (Å²) in [6.45, 7) is 4.33. The first kappa shape index (κ1) is 32.7. The zero-order chi connectivity index (χ0) is 33.9. The zero-order valence-corrected chi connectivity index (χ0v) is 27.8. The molecule has 2 fully saturated rings. The summed E-state index contributed by atoms with van der Waals surface area (Å²) in [4.78, 5) is 61.2. The van der Waals surface area contributed by atoms with E-state index in [0.29, 0.717) is 10.8 Å². The molecule has 0 spiro atoms. The van der Waals surface area contributed by atoms with Crippen molar-refractivity contribution in [1.82, 2.24) is 30.1 Å². The number of thiazole rings is 1. The summed E-state index contributed by atoms with van der Waals surface area (Å²) in [6, 6.07) is 20.9. The van der Waals surface area contributed by atoms with Gasteiger partial charge in [-0.2, -0.15) is 5.01 Å². The van der Waals surface area contributed by atoms with E-state index in [9.17, 15) is 19.2 Å². The van der Waals surface area contributed by atoms with Crippen molar-refractivity contribution in [3.8, 4) is 0 Å². The van der Waals surface area contributed by atoms with Crippen LogP contribution >= 0.6 is 11.3 Å². The van der Waals surface area contributed by atoms with Gasteiger partial charge in [-0.15, -0.1) is 0 Å². The number of hydrogen-bond acceptors (Lipinski definition) is 9. The summed E-state index contributed by atoms with van der Waals surface area (Å²) in [5.74, 6) is -0.439. The van der Waals surface area contributed by atoms with Gasteiger partial charge in [0.05, 0.1) is 23.3 Å². The number of carbonyl (C=O) groups excluding carboxylic acids is 4. The minimum atomic E-state index is -0.825. The second-order valence-electron chi connectivity index (χ2n) is 12.0. The molecular weight excluding hydrogens is 632 g/mol. The summed E-state index contributed by atoms with van der Waals surface area (Å²) < 4.78 is 6.25. The molecule has 14 heteroatoms. The summed E-state index contributed by atoms with van der Waals surface area (Å²) >= 11 is 1.38. The molecule has 0 radical (unpaired) electrons. The standard InChI is InChI=1S/C34H38N8O5S/c1-21(2)42(33(45)36-3)40-19-29(43)41-26(16-22-12-14-25(15-13-22)37-34(46)47-20-23-8-5-4-6-9-23)31(44)39(18-28(40)41)17-24-10-7-11-27-30(24)38-32(35)48-27/h4-15,21,26,28H,16-20H2,1-3H3,(H2,35,38)(H,36,45)(H,37,46)/t26-,28+/m0/s1. The van der Waals surface area contributed by atoms with Crippen LogP contribution in [-0.2, 0) is 33.9 Å². The van der Waals surface area contributed by atoms with Crippen LogP contribution in [0.25, 0.3) is 10.2 Å². The van der Waals surface area contributed by atoms with Gasteiger partial charge in [0, 0.05) is 31.7 Å². The molecule has 3 aromatic carbocycles. The molecule has 0 unspecified atom stereocenters. The lowest BCUT2D eigenvalue weighted by Gasteiger charge is -2.47. The van der Waals surface area contributed by atoms with Crippen molar-refractivity contribution in [3.63, 3.8) is 0 Å². The fraction of sp³-hybridized carbons (Fsp3) is 0.324. The minimum absolute atomic E-state index is 0.0416. The third-order valence-corrected chi connectivity index (χ3v) is 9.33. The minimum Gasteiger partial charge on any atom is -0.444 e. The number of nitrogens with one attached hydrogen (secondary N) is 2. The lowest BCUT2D eigenvalue weighted by atomic mass is 9.99. The quantitative estimate of drug-likeness (QED) is 0.242. The summed E-state index contributed by atoms with van der Waals surface area (Å²) in [5.41, 5.74) is 9.80. The highest BCUT2D eigenvalue weighted by Gasteiger charge is 2.52. The van der Waals surface area contributed by atoms with E-state index in [2.05, 4.69) is 15.6 Å². The molecule has 2 aliphatic rings. The number of piperazine rings is 1. The second-order valence-corrected chi connectivity index (χ2v) is 13.1. The second kappa shape index (κ2) is 13.9. The number of benzene rings is 3. The smallest absolute Gasteiger partial charge is 0.411 e. The first-order chi connectivity index (χ1) is 23.1. The largest absolute Gasteiger partial charge is 0.444 e. The number of aromatic nitrogens is 1. The zero-order valence-electron chi connectivity index (χ0n) is 27.0. The Morgan fingerprint density at radius 3 is 2.50 bits per heavy atom. The van der Waals surface area contributed by atoms with Crippen LogP contribution in [0.1, 0.15) is 30.5 Å². The van der Waals surface area contributed by atoms with E-state index in [1.165, 1.54) is 11.3 Å². The van der Waals surface area contributed by atoms with E-state index in [0.717, 1.165) is 26.9 Å². The lowest BCUT2D eigenvalue weighted by molar-refractivity contribution is -0.158. The Hall–Kier alpha value is -5.21. The van der Waals surface area contributed by atoms with Crippen LogP contribution in [0.5, 0.6) is 0 Å². The van der Waals surface area contributed by atoms with Gasteiger partial charge >= 0.3 is 12.1 Å². The van der Waals surface area contributed by atoms with Gasteiger partial charge in [-0.25, -0.2) is 14.6 Å². The average Bonchev–Trinajstić information content (AvgIpc) is 3.61. The molecule has 4 N–H and O–H groups in total. The molecule has 13 nitrogen and oxygen atoms in total. The summed E-state index contributed by atoms with van der Waals surface area (Å²) in [6.07, 6.45) is -0.919. The first-order valence-corrected chi connectivity index (χ1v) is 16.5. The predicted molar refractivity (Wildman–Crippen MR) is 182 cm³/mol. The maximum absolute atomic E-state index is 14.3. The van der Waals surface area contributed by atoms with E-state index in [-0.39, 0.29) is 56.5 Å². The molecule has 2 saturated heterocycles. The Morgan fingerprint density at radius 2 is 1.79 bits per heavy atom. The van der Waals surface area contributed by atoms with E-state index in [1.807, 2.05) is 74.5 Å².